The van der Waals surface area contributed by atoms with Crippen LogP contribution in [0.1, 0.15) is 49.7 Å². The quantitative estimate of drug-likeness (QED) is 0.718. The Balaban J connectivity index is 1.56. The van der Waals surface area contributed by atoms with Gasteiger partial charge in [-0.3, -0.25) is 4.79 Å². The highest BCUT2D eigenvalue weighted by Gasteiger charge is 2.43. The smallest absolute Gasteiger partial charge is 0.230 e. The fourth-order valence-corrected chi connectivity index (χ4v) is 5.26. The summed E-state index contributed by atoms with van der Waals surface area (Å²) in [6.07, 6.45) is 5.97. The van der Waals surface area contributed by atoms with Gasteiger partial charge in [-0.25, -0.2) is 0 Å². The Morgan fingerprint density at radius 2 is 1.35 bits per heavy atom. The standard InChI is InChI=1S/C26H33NO4/c1-29-22-9-5-20(6-10-22)25(13-3-4-14-25)19-27-24(28)26(15-17-31-18-16-26)21-7-11-23(30-2)12-8-21/h5-12H,3-4,13-19H2,1-2H3,(H,27,28). The molecule has 1 aliphatic heterocycles. The van der Waals surface area contributed by atoms with E-state index in [4.69, 9.17) is 14.2 Å². The van der Waals surface area contributed by atoms with Gasteiger partial charge in [0.2, 0.25) is 5.91 Å². The first-order valence-electron chi connectivity index (χ1n) is 11.3. The molecule has 166 valence electrons. The molecule has 1 aliphatic carbocycles. The molecule has 0 bridgehead atoms. The van der Waals surface area contributed by atoms with Gasteiger partial charge in [-0.15, -0.1) is 0 Å². The summed E-state index contributed by atoms with van der Waals surface area (Å²) in [5, 5.41) is 3.37. The second-order valence-electron chi connectivity index (χ2n) is 8.82. The van der Waals surface area contributed by atoms with E-state index in [0.717, 1.165) is 29.9 Å². The number of methoxy groups -OCH3 is 2. The first-order valence-corrected chi connectivity index (χ1v) is 11.3. The van der Waals surface area contributed by atoms with Crippen molar-refractivity contribution in [3.8, 4) is 11.5 Å². The monoisotopic (exact) mass is 423 g/mol. The van der Waals surface area contributed by atoms with Crippen LogP contribution >= 0.6 is 0 Å². The highest BCUT2D eigenvalue weighted by atomic mass is 16.5. The van der Waals surface area contributed by atoms with Crippen molar-refractivity contribution < 1.29 is 19.0 Å². The molecule has 0 unspecified atom stereocenters. The number of nitrogens with one attached hydrogen (secondary N) is 1. The van der Waals surface area contributed by atoms with Crippen molar-refractivity contribution >= 4 is 5.91 Å². The Morgan fingerprint density at radius 1 is 0.839 bits per heavy atom. The van der Waals surface area contributed by atoms with Gasteiger partial charge < -0.3 is 19.5 Å². The molecule has 2 aromatic rings. The van der Waals surface area contributed by atoms with E-state index < -0.39 is 5.41 Å². The van der Waals surface area contributed by atoms with Gasteiger partial charge in [0.15, 0.2) is 0 Å². The predicted molar refractivity (Wildman–Crippen MR) is 121 cm³/mol. The van der Waals surface area contributed by atoms with Gasteiger partial charge in [0, 0.05) is 25.2 Å². The number of rotatable bonds is 7. The molecule has 0 radical (unpaired) electrons. The average molecular weight is 424 g/mol. The van der Waals surface area contributed by atoms with Crippen molar-refractivity contribution in [1.29, 1.82) is 0 Å². The summed E-state index contributed by atoms with van der Waals surface area (Å²) in [6.45, 7) is 1.86. The maximum absolute atomic E-state index is 13.7. The lowest BCUT2D eigenvalue weighted by molar-refractivity contribution is -0.130. The lowest BCUT2D eigenvalue weighted by atomic mass is 9.72. The van der Waals surface area contributed by atoms with E-state index in [0.29, 0.717) is 32.6 Å². The van der Waals surface area contributed by atoms with E-state index in [9.17, 15) is 4.79 Å². The summed E-state index contributed by atoms with van der Waals surface area (Å²) in [4.78, 5) is 13.7. The van der Waals surface area contributed by atoms with Crippen LogP contribution in [0.4, 0.5) is 0 Å². The van der Waals surface area contributed by atoms with Crippen LogP contribution in [0.3, 0.4) is 0 Å². The third-order valence-electron chi connectivity index (χ3n) is 7.27. The lowest BCUT2D eigenvalue weighted by Crippen LogP contribution is -2.51. The number of hydrogen-bond acceptors (Lipinski definition) is 4. The molecular weight excluding hydrogens is 390 g/mol. The molecule has 2 fully saturated rings. The molecule has 5 nitrogen and oxygen atoms in total. The maximum atomic E-state index is 13.7. The largest absolute Gasteiger partial charge is 0.497 e. The van der Waals surface area contributed by atoms with Gasteiger partial charge in [0.05, 0.1) is 19.6 Å². The van der Waals surface area contributed by atoms with Gasteiger partial charge in [-0.05, 0) is 61.1 Å². The predicted octanol–water partition coefficient (Wildman–Crippen LogP) is 4.38. The fourth-order valence-electron chi connectivity index (χ4n) is 5.26. The number of benzene rings is 2. The topological polar surface area (TPSA) is 56.8 Å². The van der Waals surface area contributed by atoms with Gasteiger partial charge >= 0.3 is 0 Å². The Labute approximate surface area is 185 Å². The van der Waals surface area contributed by atoms with Crippen LogP contribution < -0.4 is 14.8 Å². The Hall–Kier alpha value is -2.53. The van der Waals surface area contributed by atoms with Crippen LogP contribution in [0, 0.1) is 0 Å². The molecule has 1 N–H and O–H groups in total. The number of amides is 1. The van der Waals surface area contributed by atoms with Crippen LogP contribution in [0.25, 0.3) is 0 Å². The molecule has 1 saturated heterocycles. The summed E-state index contributed by atoms with van der Waals surface area (Å²) in [6, 6.07) is 16.3. The van der Waals surface area contributed by atoms with Crippen molar-refractivity contribution in [3.63, 3.8) is 0 Å². The average Bonchev–Trinajstić information content (AvgIpc) is 3.33. The minimum absolute atomic E-state index is 0.00576. The molecular formula is C26H33NO4. The zero-order chi connectivity index (χ0) is 21.7. The molecule has 5 heteroatoms. The molecule has 1 heterocycles. The number of hydrogen-bond donors (Lipinski definition) is 1. The normalized spacial score (nSPS) is 19.5. The molecule has 0 atom stereocenters. The summed E-state index contributed by atoms with van der Waals surface area (Å²) < 4.78 is 16.3. The van der Waals surface area contributed by atoms with Crippen LogP contribution in [0.2, 0.25) is 0 Å². The third-order valence-corrected chi connectivity index (χ3v) is 7.27. The summed E-state index contributed by atoms with van der Waals surface area (Å²) in [5.74, 6) is 1.78. The zero-order valence-corrected chi connectivity index (χ0v) is 18.6. The molecule has 2 aromatic carbocycles. The second kappa shape index (κ2) is 9.31. The van der Waals surface area contributed by atoms with Gasteiger partial charge in [-0.1, -0.05) is 37.1 Å². The van der Waals surface area contributed by atoms with Crippen molar-refractivity contribution in [3.05, 3.63) is 59.7 Å². The number of carbonyl (C=O) groups excluding carboxylic acids is 1. The molecule has 1 saturated carbocycles. The zero-order valence-electron chi connectivity index (χ0n) is 18.6. The van der Waals surface area contributed by atoms with Gasteiger partial charge in [0.25, 0.3) is 0 Å². The molecule has 0 aromatic heterocycles. The number of carbonyl (C=O) groups is 1. The van der Waals surface area contributed by atoms with E-state index in [1.807, 2.05) is 36.4 Å². The molecule has 0 spiro atoms. The van der Waals surface area contributed by atoms with E-state index in [1.54, 1.807) is 14.2 Å². The van der Waals surface area contributed by atoms with Gasteiger partial charge in [-0.2, -0.15) is 0 Å². The van der Waals surface area contributed by atoms with Crippen molar-refractivity contribution in [1.82, 2.24) is 5.32 Å². The van der Waals surface area contributed by atoms with E-state index in [2.05, 4.69) is 17.4 Å². The van der Waals surface area contributed by atoms with Crippen LogP contribution in [0.15, 0.2) is 48.5 Å². The lowest BCUT2D eigenvalue weighted by Gasteiger charge is -2.38. The summed E-state index contributed by atoms with van der Waals surface area (Å²) >= 11 is 0. The Kier molecular flexibility index (Phi) is 6.51. The fraction of sp³-hybridized carbons (Fsp3) is 0.500. The minimum atomic E-state index is -0.551. The molecule has 4 rings (SSSR count). The molecule has 2 aliphatic rings. The van der Waals surface area contributed by atoms with E-state index in [1.165, 1.54) is 18.4 Å². The highest BCUT2D eigenvalue weighted by Crippen LogP contribution is 2.42. The second-order valence-corrected chi connectivity index (χ2v) is 8.82. The van der Waals surface area contributed by atoms with Crippen molar-refractivity contribution in [2.75, 3.05) is 34.0 Å². The van der Waals surface area contributed by atoms with Crippen LogP contribution in [-0.2, 0) is 20.4 Å². The SMILES string of the molecule is COc1ccc(C2(CNC(=O)C3(c4ccc(OC)cc4)CCOCC3)CCCC2)cc1. The van der Waals surface area contributed by atoms with Gasteiger partial charge in [0.1, 0.15) is 11.5 Å². The first-order chi connectivity index (χ1) is 15.1. The summed E-state index contributed by atoms with van der Waals surface area (Å²) in [7, 11) is 3.35. The molecule has 31 heavy (non-hydrogen) atoms. The van der Waals surface area contributed by atoms with E-state index in [-0.39, 0.29) is 11.3 Å². The van der Waals surface area contributed by atoms with Crippen LogP contribution in [-0.4, -0.2) is 39.9 Å². The Bertz CT molecular complexity index is 863. The number of ether oxygens (including phenoxy) is 3. The van der Waals surface area contributed by atoms with Crippen molar-refractivity contribution in [2.45, 2.75) is 49.4 Å². The minimum Gasteiger partial charge on any atom is -0.497 e. The highest BCUT2D eigenvalue weighted by molar-refractivity contribution is 5.88. The molecule has 1 amide bonds. The first kappa shape index (κ1) is 21.7. The van der Waals surface area contributed by atoms with Crippen molar-refractivity contribution in [2.24, 2.45) is 0 Å². The third kappa shape index (κ3) is 4.29. The van der Waals surface area contributed by atoms with Crippen LogP contribution in [0.5, 0.6) is 11.5 Å². The maximum Gasteiger partial charge on any atom is 0.230 e. The summed E-state index contributed by atoms with van der Waals surface area (Å²) in [5.41, 5.74) is 1.77. The van der Waals surface area contributed by atoms with E-state index >= 15 is 0 Å². The Morgan fingerprint density at radius 3 is 1.87 bits per heavy atom.